The van der Waals surface area contributed by atoms with Gasteiger partial charge in [0.1, 0.15) is 0 Å². The highest BCUT2D eigenvalue weighted by molar-refractivity contribution is 5.40. The van der Waals surface area contributed by atoms with Crippen LogP contribution in [-0.2, 0) is 6.54 Å². The summed E-state index contributed by atoms with van der Waals surface area (Å²) in [6.45, 7) is 0.658. The van der Waals surface area contributed by atoms with Gasteiger partial charge in [0.2, 0.25) is 0 Å². The molecule has 0 aliphatic heterocycles. The average molecular weight is 137 g/mol. The molecule has 1 aromatic carbocycles. The normalized spacial score (nSPS) is 9.70. The number of hydrogen-bond acceptors (Lipinski definition) is 3. The summed E-state index contributed by atoms with van der Waals surface area (Å²) in [6.07, 6.45) is 0. The summed E-state index contributed by atoms with van der Waals surface area (Å²) in [4.78, 5) is 0. The van der Waals surface area contributed by atoms with Crippen LogP contribution in [0.25, 0.3) is 0 Å². The Bertz CT molecular complexity index is 210. The minimum atomic E-state index is 0.658. The van der Waals surface area contributed by atoms with E-state index in [4.69, 9.17) is 11.6 Å². The summed E-state index contributed by atoms with van der Waals surface area (Å²) in [7, 11) is 0. The van der Waals surface area contributed by atoms with Crippen LogP contribution in [-0.4, -0.2) is 0 Å². The summed E-state index contributed by atoms with van der Waals surface area (Å²) in [5.41, 5.74) is 9.95. The SMILES string of the molecule is NNCc1cccc(N)c1. The Balaban J connectivity index is 2.75. The molecule has 0 aliphatic carbocycles. The van der Waals surface area contributed by atoms with Gasteiger partial charge in [0.15, 0.2) is 0 Å². The van der Waals surface area contributed by atoms with Crippen LogP contribution in [0.4, 0.5) is 5.69 Å². The maximum absolute atomic E-state index is 5.52. The molecule has 1 aromatic rings. The Morgan fingerprint density at radius 3 is 2.80 bits per heavy atom. The van der Waals surface area contributed by atoms with Gasteiger partial charge >= 0.3 is 0 Å². The van der Waals surface area contributed by atoms with Gasteiger partial charge in [0.25, 0.3) is 0 Å². The number of nitrogens with one attached hydrogen (secondary N) is 1. The van der Waals surface area contributed by atoms with Crippen molar-refractivity contribution in [2.45, 2.75) is 6.54 Å². The van der Waals surface area contributed by atoms with Gasteiger partial charge in [0.05, 0.1) is 0 Å². The van der Waals surface area contributed by atoms with Gasteiger partial charge < -0.3 is 5.73 Å². The fraction of sp³-hybridized carbons (Fsp3) is 0.143. The maximum atomic E-state index is 5.52. The maximum Gasteiger partial charge on any atom is 0.0349 e. The van der Waals surface area contributed by atoms with E-state index < -0.39 is 0 Å². The Hall–Kier alpha value is -1.06. The molecule has 10 heavy (non-hydrogen) atoms. The smallest absolute Gasteiger partial charge is 0.0349 e. The van der Waals surface area contributed by atoms with E-state index in [-0.39, 0.29) is 0 Å². The molecule has 5 N–H and O–H groups in total. The number of hydrogen-bond donors (Lipinski definition) is 3. The van der Waals surface area contributed by atoms with Gasteiger partial charge in [0, 0.05) is 12.2 Å². The van der Waals surface area contributed by atoms with Crippen molar-refractivity contribution in [2.75, 3.05) is 5.73 Å². The second-order valence-electron chi connectivity index (χ2n) is 2.13. The zero-order valence-electron chi connectivity index (χ0n) is 5.67. The van der Waals surface area contributed by atoms with Crippen molar-refractivity contribution in [1.29, 1.82) is 0 Å². The third-order valence-corrected chi connectivity index (χ3v) is 1.26. The molecule has 0 spiro atoms. The molecule has 0 atom stereocenters. The molecular formula is C7H11N3. The summed E-state index contributed by atoms with van der Waals surface area (Å²) in [5.74, 6) is 5.12. The van der Waals surface area contributed by atoms with E-state index in [2.05, 4.69) is 5.43 Å². The van der Waals surface area contributed by atoms with Crippen LogP contribution in [0.5, 0.6) is 0 Å². The average Bonchev–Trinajstić information content (AvgIpc) is 1.88. The third-order valence-electron chi connectivity index (χ3n) is 1.26. The molecule has 0 saturated heterocycles. The van der Waals surface area contributed by atoms with Crippen molar-refractivity contribution in [3.05, 3.63) is 29.8 Å². The van der Waals surface area contributed by atoms with Crippen LogP contribution in [0.15, 0.2) is 24.3 Å². The zero-order chi connectivity index (χ0) is 7.40. The summed E-state index contributed by atoms with van der Waals surface area (Å²) in [5, 5.41) is 0. The topological polar surface area (TPSA) is 64.1 Å². The molecule has 0 aliphatic rings. The van der Waals surface area contributed by atoms with Gasteiger partial charge in [-0.15, -0.1) is 0 Å². The van der Waals surface area contributed by atoms with Crippen molar-refractivity contribution in [3.8, 4) is 0 Å². The van der Waals surface area contributed by atoms with E-state index in [1.165, 1.54) is 0 Å². The highest BCUT2D eigenvalue weighted by atomic mass is 15.2. The first-order valence-electron chi connectivity index (χ1n) is 3.11. The molecule has 0 fully saturated rings. The molecule has 3 nitrogen and oxygen atoms in total. The minimum Gasteiger partial charge on any atom is -0.399 e. The summed E-state index contributed by atoms with van der Waals surface area (Å²) in [6, 6.07) is 7.61. The highest BCUT2D eigenvalue weighted by Crippen LogP contribution is 2.04. The van der Waals surface area contributed by atoms with Crippen LogP contribution in [0.2, 0.25) is 0 Å². The Morgan fingerprint density at radius 1 is 1.40 bits per heavy atom. The van der Waals surface area contributed by atoms with E-state index >= 15 is 0 Å². The number of rotatable bonds is 2. The first-order valence-corrected chi connectivity index (χ1v) is 3.11. The first-order chi connectivity index (χ1) is 4.83. The molecule has 0 amide bonds. The largest absolute Gasteiger partial charge is 0.399 e. The van der Waals surface area contributed by atoms with Gasteiger partial charge in [-0.3, -0.25) is 11.3 Å². The molecule has 0 saturated carbocycles. The quantitative estimate of drug-likeness (QED) is 0.310. The number of nitrogens with two attached hydrogens (primary N) is 2. The highest BCUT2D eigenvalue weighted by Gasteiger charge is 1.89. The van der Waals surface area contributed by atoms with Crippen LogP contribution >= 0.6 is 0 Å². The standard InChI is InChI=1S/C7H11N3/c8-7-3-1-2-6(4-7)5-10-9/h1-4,10H,5,8-9H2. The van der Waals surface area contributed by atoms with Crippen LogP contribution in [0.1, 0.15) is 5.56 Å². The monoisotopic (exact) mass is 137 g/mol. The van der Waals surface area contributed by atoms with E-state index in [0.717, 1.165) is 11.3 Å². The Morgan fingerprint density at radius 2 is 2.20 bits per heavy atom. The van der Waals surface area contributed by atoms with Crippen LogP contribution in [0, 0.1) is 0 Å². The van der Waals surface area contributed by atoms with Crippen molar-refractivity contribution in [3.63, 3.8) is 0 Å². The summed E-state index contributed by atoms with van der Waals surface area (Å²) < 4.78 is 0. The molecular weight excluding hydrogens is 126 g/mol. The predicted molar refractivity (Wildman–Crippen MR) is 41.9 cm³/mol. The van der Waals surface area contributed by atoms with Crippen molar-refractivity contribution in [2.24, 2.45) is 5.84 Å². The molecule has 0 bridgehead atoms. The third kappa shape index (κ3) is 1.72. The molecule has 3 heteroatoms. The van der Waals surface area contributed by atoms with Gasteiger partial charge in [-0.1, -0.05) is 12.1 Å². The van der Waals surface area contributed by atoms with E-state index in [9.17, 15) is 0 Å². The van der Waals surface area contributed by atoms with Crippen LogP contribution in [0.3, 0.4) is 0 Å². The zero-order valence-corrected chi connectivity index (χ0v) is 5.67. The first kappa shape index (κ1) is 7.05. The lowest BCUT2D eigenvalue weighted by molar-refractivity contribution is 0.742. The molecule has 0 heterocycles. The minimum absolute atomic E-state index is 0.658. The molecule has 0 aromatic heterocycles. The number of hydrazine groups is 1. The second kappa shape index (κ2) is 3.20. The number of benzene rings is 1. The lowest BCUT2D eigenvalue weighted by Gasteiger charge is -1.99. The Kier molecular flexibility index (Phi) is 2.25. The number of nitrogen functional groups attached to an aromatic ring is 1. The van der Waals surface area contributed by atoms with Crippen molar-refractivity contribution in [1.82, 2.24) is 5.43 Å². The predicted octanol–water partition coefficient (Wildman–Crippen LogP) is 0.232. The summed E-state index contributed by atoms with van der Waals surface area (Å²) >= 11 is 0. The lowest BCUT2D eigenvalue weighted by atomic mass is 10.2. The van der Waals surface area contributed by atoms with Gasteiger partial charge in [-0.2, -0.15) is 0 Å². The fourth-order valence-corrected chi connectivity index (χ4v) is 0.821. The number of anilines is 1. The van der Waals surface area contributed by atoms with Gasteiger partial charge in [-0.05, 0) is 17.7 Å². The van der Waals surface area contributed by atoms with E-state index in [1.54, 1.807) is 0 Å². The molecule has 1 rings (SSSR count). The van der Waals surface area contributed by atoms with Crippen molar-refractivity contribution >= 4 is 5.69 Å². The molecule has 0 radical (unpaired) electrons. The van der Waals surface area contributed by atoms with Crippen molar-refractivity contribution < 1.29 is 0 Å². The van der Waals surface area contributed by atoms with E-state index in [0.29, 0.717) is 6.54 Å². The lowest BCUT2D eigenvalue weighted by Crippen LogP contribution is -2.20. The van der Waals surface area contributed by atoms with E-state index in [1.807, 2.05) is 24.3 Å². The molecule has 0 unspecified atom stereocenters. The van der Waals surface area contributed by atoms with Crippen LogP contribution < -0.4 is 17.0 Å². The van der Waals surface area contributed by atoms with Gasteiger partial charge in [-0.25, -0.2) is 0 Å². The second-order valence-corrected chi connectivity index (χ2v) is 2.13. The molecule has 54 valence electrons. The Labute approximate surface area is 60.0 Å². The fourth-order valence-electron chi connectivity index (χ4n) is 0.821.